The fraction of sp³-hybridized carbons (Fsp3) is 0.300. The lowest BCUT2D eigenvalue weighted by Gasteiger charge is -2.11. The zero-order valence-corrected chi connectivity index (χ0v) is 10.2. The Morgan fingerprint density at radius 2 is 2.36 bits per heavy atom. The van der Waals surface area contributed by atoms with Gasteiger partial charge in [-0.15, -0.1) is 19.0 Å². The third-order valence-corrected chi connectivity index (χ3v) is 2.53. The highest BCUT2D eigenvalue weighted by Gasteiger charge is 2.08. The summed E-state index contributed by atoms with van der Waals surface area (Å²) in [6.07, 6.45) is 5.47. The molecular weight excluding hydrogens is 263 g/mol. The highest BCUT2D eigenvalue weighted by molar-refractivity contribution is 9.10. The van der Waals surface area contributed by atoms with Crippen molar-refractivity contribution in [2.24, 2.45) is 5.73 Å². The molecule has 2 N–H and O–H groups in total. The molecule has 0 saturated carbocycles. The molecule has 78 valence electrons. The fourth-order valence-corrected chi connectivity index (χ4v) is 1.67. The van der Waals surface area contributed by atoms with Crippen molar-refractivity contribution in [1.29, 1.82) is 0 Å². The van der Waals surface area contributed by atoms with Crippen LogP contribution in [-0.4, -0.2) is 4.98 Å². The molecule has 1 rings (SSSR count). The lowest BCUT2D eigenvalue weighted by atomic mass is 10.1. The molecule has 1 atom stereocenters. The maximum Gasteiger partial charge on any atom is 0.110 e. The molecular formula is C10H14BrClN2. The Kier molecular flexibility index (Phi) is 6.79. The number of nitrogens with two attached hydrogens (primary N) is 1. The zero-order chi connectivity index (χ0) is 9.68. The van der Waals surface area contributed by atoms with Crippen LogP contribution in [0.25, 0.3) is 0 Å². The van der Waals surface area contributed by atoms with Gasteiger partial charge in [-0.3, -0.25) is 0 Å². The molecule has 0 bridgehead atoms. The minimum Gasteiger partial charge on any atom is -0.324 e. The van der Waals surface area contributed by atoms with E-state index < -0.39 is 0 Å². The van der Waals surface area contributed by atoms with E-state index in [4.69, 9.17) is 5.73 Å². The van der Waals surface area contributed by atoms with Gasteiger partial charge in [0.05, 0.1) is 0 Å². The molecule has 0 radical (unpaired) electrons. The average molecular weight is 278 g/mol. The summed E-state index contributed by atoms with van der Waals surface area (Å²) in [5, 5.41) is 0. The summed E-state index contributed by atoms with van der Waals surface area (Å²) in [6, 6.07) is 3.93. The Morgan fingerprint density at radius 1 is 1.64 bits per heavy atom. The first-order chi connectivity index (χ1) is 6.25. The van der Waals surface area contributed by atoms with Crippen LogP contribution in [0, 0.1) is 0 Å². The minimum absolute atomic E-state index is 0. The molecule has 0 aliphatic heterocycles. The average Bonchev–Trinajstić information content (AvgIpc) is 2.15. The molecule has 0 fully saturated rings. The van der Waals surface area contributed by atoms with Crippen molar-refractivity contribution >= 4 is 28.3 Å². The van der Waals surface area contributed by atoms with Gasteiger partial charge < -0.3 is 5.73 Å². The third-order valence-electron chi connectivity index (χ3n) is 1.87. The lowest BCUT2D eigenvalue weighted by molar-refractivity contribution is 0.655. The van der Waals surface area contributed by atoms with Crippen molar-refractivity contribution in [3.63, 3.8) is 0 Å². The Morgan fingerprint density at radius 3 is 2.93 bits per heavy atom. The van der Waals surface area contributed by atoms with Crippen LogP contribution in [-0.2, 0) is 0 Å². The molecule has 0 aliphatic carbocycles. The second-order valence-corrected chi connectivity index (χ2v) is 3.61. The molecule has 1 heterocycles. The molecule has 14 heavy (non-hydrogen) atoms. The van der Waals surface area contributed by atoms with Crippen molar-refractivity contribution in [3.05, 3.63) is 41.2 Å². The van der Waals surface area contributed by atoms with Gasteiger partial charge in [-0.1, -0.05) is 12.1 Å². The van der Waals surface area contributed by atoms with E-state index in [-0.39, 0.29) is 18.4 Å². The van der Waals surface area contributed by atoms with E-state index in [1.807, 2.05) is 18.2 Å². The number of hydrogen-bond donors (Lipinski definition) is 1. The normalized spacial score (nSPS) is 11.6. The maximum atomic E-state index is 5.96. The summed E-state index contributed by atoms with van der Waals surface area (Å²) in [5.74, 6) is 0. The molecule has 1 aromatic rings. The molecule has 0 aromatic carbocycles. The van der Waals surface area contributed by atoms with Gasteiger partial charge in [0.1, 0.15) is 4.60 Å². The number of pyridine rings is 1. The van der Waals surface area contributed by atoms with Gasteiger partial charge in [-0.2, -0.15) is 0 Å². The Labute approximate surface area is 99.1 Å². The summed E-state index contributed by atoms with van der Waals surface area (Å²) in [4.78, 5) is 4.12. The van der Waals surface area contributed by atoms with E-state index in [0.717, 1.165) is 23.0 Å². The van der Waals surface area contributed by atoms with Gasteiger partial charge in [0, 0.05) is 17.8 Å². The van der Waals surface area contributed by atoms with Gasteiger partial charge >= 0.3 is 0 Å². The van der Waals surface area contributed by atoms with Gasteiger partial charge in [0.2, 0.25) is 0 Å². The molecule has 0 unspecified atom stereocenters. The number of halogens is 2. The predicted octanol–water partition coefficient (Wildman–Crippen LogP) is 3.23. The largest absolute Gasteiger partial charge is 0.324 e. The van der Waals surface area contributed by atoms with Gasteiger partial charge in [-0.25, -0.2) is 4.98 Å². The first kappa shape index (κ1) is 13.6. The number of nitrogens with zero attached hydrogens (tertiary/aromatic N) is 1. The molecule has 4 heteroatoms. The monoisotopic (exact) mass is 276 g/mol. The Bertz CT molecular complexity index is 291. The molecule has 0 saturated heterocycles. The smallest absolute Gasteiger partial charge is 0.110 e. The SMILES string of the molecule is C=CCC[C@H](N)c1cccnc1Br.Cl. The molecule has 2 nitrogen and oxygen atoms in total. The summed E-state index contributed by atoms with van der Waals surface area (Å²) in [6.45, 7) is 3.67. The van der Waals surface area contributed by atoms with Crippen molar-refractivity contribution in [2.75, 3.05) is 0 Å². The molecule has 0 aliphatic rings. The summed E-state index contributed by atoms with van der Waals surface area (Å²) < 4.78 is 0.839. The van der Waals surface area contributed by atoms with Gasteiger partial charge in [0.15, 0.2) is 0 Å². The fourth-order valence-electron chi connectivity index (χ4n) is 1.13. The van der Waals surface area contributed by atoms with E-state index >= 15 is 0 Å². The summed E-state index contributed by atoms with van der Waals surface area (Å²) >= 11 is 3.37. The Hall–Kier alpha value is -0.380. The van der Waals surface area contributed by atoms with Crippen molar-refractivity contribution in [1.82, 2.24) is 4.98 Å². The highest BCUT2D eigenvalue weighted by Crippen LogP contribution is 2.22. The highest BCUT2D eigenvalue weighted by atomic mass is 79.9. The van der Waals surface area contributed by atoms with E-state index in [2.05, 4.69) is 27.5 Å². The van der Waals surface area contributed by atoms with Crippen LogP contribution in [0.15, 0.2) is 35.6 Å². The number of aromatic nitrogens is 1. The predicted molar refractivity (Wildman–Crippen MR) is 65.5 cm³/mol. The third kappa shape index (κ3) is 3.78. The lowest BCUT2D eigenvalue weighted by Crippen LogP contribution is -2.10. The second kappa shape index (κ2) is 6.98. The van der Waals surface area contributed by atoms with Crippen LogP contribution in [0.5, 0.6) is 0 Å². The van der Waals surface area contributed by atoms with E-state index in [1.165, 1.54) is 0 Å². The number of rotatable bonds is 4. The van der Waals surface area contributed by atoms with Crippen LogP contribution < -0.4 is 5.73 Å². The molecule has 1 aromatic heterocycles. The zero-order valence-electron chi connectivity index (χ0n) is 7.82. The van der Waals surface area contributed by atoms with Gasteiger partial charge in [-0.05, 0) is 34.8 Å². The van der Waals surface area contributed by atoms with Crippen LogP contribution in [0.1, 0.15) is 24.4 Å². The second-order valence-electron chi connectivity index (χ2n) is 2.86. The van der Waals surface area contributed by atoms with Crippen LogP contribution in [0.4, 0.5) is 0 Å². The van der Waals surface area contributed by atoms with Crippen LogP contribution in [0.3, 0.4) is 0 Å². The first-order valence-electron chi connectivity index (χ1n) is 4.22. The topological polar surface area (TPSA) is 38.9 Å². The first-order valence-corrected chi connectivity index (χ1v) is 5.02. The number of hydrogen-bond acceptors (Lipinski definition) is 2. The van der Waals surface area contributed by atoms with E-state index in [0.29, 0.717) is 0 Å². The number of allylic oxidation sites excluding steroid dienone is 1. The summed E-state index contributed by atoms with van der Waals surface area (Å²) in [5.41, 5.74) is 7.02. The van der Waals surface area contributed by atoms with Crippen molar-refractivity contribution in [3.8, 4) is 0 Å². The van der Waals surface area contributed by atoms with Crippen LogP contribution in [0.2, 0.25) is 0 Å². The van der Waals surface area contributed by atoms with Gasteiger partial charge in [0.25, 0.3) is 0 Å². The maximum absolute atomic E-state index is 5.96. The quantitative estimate of drug-likeness (QED) is 0.678. The molecule has 0 spiro atoms. The van der Waals surface area contributed by atoms with Crippen LogP contribution >= 0.6 is 28.3 Å². The molecule has 0 amide bonds. The van der Waals surface area contributed by atoms with E-state index in [9.17, 15) is 0 Å². The van der Waals surface area contributed by atoms with E-state index in [1.54, 1.807) is 6.20 Å². The minimum atomic E-state index is 0. The Balaban J connectivity index is 0.00000169. The van der Waals surface area contributed by atoms with Crippen molar-refractivity contribution < 1.29 is 0 Å². The van der Waals surface area contributed by atoms with Crippen molar-refractivity contribution in [2.45, 2.75) is 18.9 Å². The summed E-state index contributed by atoms with van der Waals surface area (Å²) in [7, 11) is 0. The standard InChI is InChI=1S/C10H13BrN2.ClH/c1-2-3-6-9(12)8-5-4-7-13-10(8)11;/h2,4-5,7,9H,1,3,6,12H2;1H/t9-;/m0./s1.